The number of hydrogen-bond acceptors (Lipinski definition) is 3. The summed E-state index contributed by atoms with van der Waals surface area (Å²) in [6.45, 7) is 4.27. The van der Waals surface area contributed by atoms with E-state index in [2.05, 4.69) is 24.1 Å². The van der Waals surface area contributed by atoms with Crippen LogP contribution in [0.5, 0.6) is 0 Å². The normalized spacial score (nSPS) is 14.6. The maximum Gasteiger partial charge on any atom is 0.0950 e. The molecule has 0 saturated heterocycles. The Labute approximate surface area is 95.5 Å². The molecule has 0 aliphatic heterocycles. The summed E-state index contributed by atoms with van der Waals surface area (Å²) in [4.78, 5) is 4.01. The van der Waals surface area contributed by atoms with Gasteiger partial charge in [0.25, 0.3) is 0 Å². The topological polar surface area (TPSA) is 38.1 Å². The molecule has 0 aliphatic rings. The number of furan rings is 1. The fourth-order valence-electron chi connectivity index (χ4n) is 1.74. The molecule has 0 amide bonds. The Morgan fingerprint density at radius 2 is 1.75 bits per heavy atom. The van der Waals surface area contributed by atoms with Crippen molar-refractivity contribution in [3.05, 3.63) is 54.2 Å². The SMILES string of the molecule is CC(N[C@H](C)c1ccncc1)c1ccoc1. The number of pyridine rings is 1. The number of rotatable bonds is 4. The van der Waals surface area contributed by atoms with Crippen LogP contribution >= 0.6 is 0 Å². The van der Waals surface area contributed by atoms with E-state index in [0.717, 1.165) is 0 Å². The predicted octanol–water partition coefficient (Wildman–Crippen LogP) is 3.09. The average molecular weight is 216 g/mol. The fraction of sp³-hybridized carbons (Fsp3) is 0.308. The van der Waals surface area contributed by atoms with Crippen LogP contribution in [0, 0.1) is 0 Å². The molecule has 2 heterocycles. The van der Waals surface area contributed by atoms with Gasteiger partial charge >= 0.3 is 0 Å². The van der Waals surface area contributed by atoms with E-state index in [0.29, 0.717) is 6.04 Å². The van der Waals surface area contributed by atoms with E-state index in [9.17, 15) is 0 Å². The van der Waals surface area contributed by atoms with Crippen molar-refractivity contribution in [2.24, 2.45) is 0 Å². The third-order valence-electron chi connectivity index (χ3n) is 2.75. The Balaban J connectivity index is 2.00. The molecular weight excluding hydrogens is 200 g/mol. The molecule has 2 rings (SSSR count). The highest BCUT2D eigenvalue weighted by atomic mass is 16.3. The lowest BCUT2D eigenvalue weighted by atomic mass is 10.1. The summed E-state index contributed by atoms with van der Waals surface area (Å²) in [5.74, 6) is 0. The lowest BCUT2D eigenvalue weighted by molar-refractivity contribution is 0.486. The number of aromatic nitrogens is 1. The zero-order valence-electron chi connectivity index (χ0n) is 9.55. The van der Waals surface area contributed by atoms with Gasteiger partial charge in [-0.15, -0.1) is 0 Å². The van der Waals surface area contributed by atoms with Gasteiger partial charge in [-0.2, -0.15) is 0 Å². The van der Waals surface area contributed by atoms with Gasteiger partial charge in [-0.05, 0) is 37.6 Å². The second kappa shape index (κ2) is 4.94. The molecule has 0 saturated carbocycles. The number of nitrogens with zero attached hydrogens (tertiary/aromatic N) is 1. The second-order valence-electron chi connectivity index (χ2n) is 3.95. The van der Waals surface area contributed by atoms with Crippen LogP contribution in [-0.4, -0.2) is 4.98 Å². The number of nitrogens with one attached hydrogen (secondary N) is 1. The van der Waals surface area contributed by atoms with E-state index in [1.165, 1.54) is 11.1 Å². The van der Waals surface area contributed by atoms with Crippen molar-refractivity contribution in [1.82, 2.24) is 10.3 Å². The van der Waals surface area contributed by atoms with Gasteiger partial charge < -0.3 is 9.73 Å². The van der Waals surface area contributed by atoms with E-state index in [4.69, 9.17) is 4.42 Å². The largest absolute Gasteiger partial charge is 0.472 e. The Morgan fingerprint density at radius 1 is 1.06 bits per heavy atom. The van der Waals surface area contributed by atoms with Gasteiger partial charge in [0, 0.05) is 30.0 Å². The molecule has 3 nitrogen and oxygen atoms in total. The summed E-state index contributed by atoms with van der Waals surface area (Å²) in [6.07, 6.45) is 7.10. The highest BCUT2D eigenvalue weighted by Crippen LogP contribution is 2.18. The van der Waals surface area contributed by atoms with Crippen molar-refractivity contribution in [3.8, 4) is 0 Å². The maximum atomic E-state index is 5.07. The minimum atomic E-state index is 0.280. The minimum Gasteiger partial charge on any atom is -0.472 e. The standard InChI is InChI=1S/C13H16N2O/c1-10(12-3-6-14-7-4-12)15-11(2)13-5-8-16-9-13/h3-11,15H,1-2H3/t10-,11?/m1/s1. The molecule has 2 aromatic heterocycles. The molecule has 0 aromatic carbocycles. The van der Waals surface area contributed by atoms with Crippen LogP contribution < -0.4 is 5.32 Å². The van der Waals surface area contributed by atoms with Crippen molar-refractivity contribution >= 4 is 0 Å². The third kappa shape index (κ3) is 2.49. The predicted molar refractivity (Wildman–Crippen MR) is 62.9 cm³/mol. The molecule has 0 fully saturated rings. The van der Waals surface area contributed by atoms with Crippen LogP contribution in [0.4, 0.5) is 0 Å². The molecule has 84 valence electrons. The molecule has 16 heavy (non-hydrogen) atoms. The van der Waals surface area contributed by atoms with Crippen LogP contribution in [0.25, 0.3) is 0 Å². The van der Waals surface area contributed by atoms with Crippen molar-refractivity contribution in [2.45, 2.75) is 25.9 Å². The first-order chi connectivity index (χ1) is 7.77. The molecular formula is C13H16N2O. The van der Waals surface area contributed by atoms with Gasteiger partial charge in [0.05, 0.1) is 12.5 Å². The molecule has 3 heteroatoms. The molecule has 2 atom stereocenters. The Kier molecular flexibility index (Phi) is 3.37. The van der Waals surface area contributed by atoms with E-state index < -0.39 is 0 Å². The van der Waals surface area contributed by atoms with Gasteiger partial charge in [-0.1, -0.05) is 0 Å². The van der Waals surface area contributed by atoms with Gasteiger partial charge in [0.2, 0.25) is 0 Å². The van der Waals surface area contributed by atoms with Crippen LogP contribution in [-0.2, 0) is 0 Å². The van der Waals surface area contributed by atoms with E-state index in [1.54, 1.807) is 12.5 Å². The van der Waals surface area contributed by atoms with E-state index >= 15 is 0 Å². The number of hydrogen-bond donors (Lipinski definition) is 1. The van der Waals surface area contributed by atoms with Gasteiger partial charge in [0.1, 0.15) is 0 Å². The third-order valence-corrected chi connectivity index (χ3v) is 2.75. The summed E-state index contributed by atoms with van der Waals surface area (Å²) < 4.78 is 5.07. The minimum absolute atomic E-state index is 0.280. The Bertz CT molecular complexity index is 411. The van der Waals surface area contributed by atoms with E-state index in [1.807, 2.05) is 30.6 Å². The van der Waals surface area contributed by atoms with Crippen molar-refractivity contribution in [1.29, 1.82) is 0 Å². The fourth-order valence-corrected chi connectivity index (χ4v) is 1.74. The zero-order chi connectivity index (χ0) is 11.4. The second-order valence-corrected chi connectivity index (χ2v) is 3.95. The molecule has 0 spiro atoms. The highest BCUT2D eigenvalue weighted by Gasteiger charge is 2.11. The summed E-state index contributed by atoms with van der Waals surface area (Å²) in [6, 6.07) is 6.62. The first-order valence-electron chi connectivity index (χ1n) is 5.45. The van der Waals surface area contributed by atoms with Gasteiger partial charge in [-0.25, -0.2) is 0 Å². The smallest absolute Gasteiger partial charge is 0.0950 e. The lowest BCUT2D eigenvalue weighted by Gasteiger charge is -2.19. The maximum absolute atomic E-state index is 5.07. The van der Waals surface area contributed by atoms with Crippen LogP contribution in [0.15, 0.2) is 47.5 Å². The molecule has 0 aliphatic carbocycles. The summed E-state index contributed by atoms with van der Waals surface area (Å²) >= 11 is 0. The van der Waals surface area contributed by atoms with Gasteiger partial charge in [-0.3, -0.25) is 4.98 Å². The highest BCUT2D eigenvalue weighted by molar-refractivity contribution is 5.16. The monoisotopic (exact) mass is 216 g/mol. The lowest BCUT2D eigenvalue weighted by Crippen LogP contribution is -2.22. The van der Waals surface area contributed by atoms with E-state index in [-0.39, 0.29) is 6.04 Å². The average Bonchev–Trinajstić information content (AvgIpc) is 2.83. The van der Waals surface area contributed by atoms with Crippen molar-refractivity contribution in [2.75, 3.05) is 0 Å². The summed E-state index contributed by atoms with van der Waals surface area (Å²) in [5.41, 5.74) is 2.41. The van der Waals surface area contributed by atoms with Crippen molar-refractivity contribution in [3.63, 3.8) is 0 Å². The molecule has 0 radical (unpaired) electrons. The first-order valence-corrected chi connectivity index (χ1v) is 5.45. The quantitative estimate of drug-likeness (QED) is 0.853. The van der Waals surface area contributed by atoms with Gasteiger partial charge in [0.15, 0.2) is 0 Å². The summed E-state index contributed by atoms with van der Waals surface area (Å²) in [5, 5.41) is 3.51. The summed E-state index contributed by atoms with van der Waals surface area (Å²) in [7, 11) is 0. The van der Waals surface area contributed by atoms with Crippen molar-refractivity contribution < 1.29 is 4.42 Å². The molecule has 1 unspecified atom stereocenters. The molecule has 2 aromatic rings. The zero-order valence-corrected chi connectivity index (χ0v) is 9.55. The Hall–Kier alpha value is -1.61. The first kappa shape index (κ1) is 10.9. The molecule has 1 N–H and O–H groups in total. The van der Waals surface area contributed by atoms with Crippen LogP contribution in [0.2, 0.25) is 0 Å². The molecule has 0 bridgehead atoms. The Morgan fingerprint density at radius 3 is 2.38 bits per heavy atom. The van der Waals surface area contributed by atoms with Crippen LogP contribution in [0.1, 0.15) is 37.1 Å². The van der Waals surface area contributed by atoms with Crippen LogP contribution in [0.3, 0.4) is 0 Å².